The number of nitrogens with one attached hydrogen (secondary N) is 2. The average molecular weight is 559 g/mol. The van der Waals surface area contributed by atoms with Crippen molar-refractivity contribution in [1.29, 1.82) is 0 Å². The first-order valence-electron chi connectivity index (χ1n) is 14.0. The van der Waals surface area contributed by atoms with Crippen LogP contribution in [0.25, 0.3) is 11.3 Å². The van der Waals surface area contributed by atoms with E-state index < -0.39 is 6.09 Å². The van der Waals surface area contributed by atoms with E-state index in [2.05, 4.69) is 45.8 Å². The first-order valence-corrected chi connectivity index (χ1v) is 14.0. The van der Waals surface area contributed by atoms with E-state index in [0.717, 1.165) is 42.8 Å². The second kappa shape index (κ2) is 12.1. The summed E-state index contributed by atoms with van der Waals surface area (Å²) in [5.41, 5.74) is 3.06. The maximum absolute atomic E-state index is 12.5. The van der Waals surface area contributed by atoms with Crippen molar-refractivity contribution in [2.75, 3.05) is 50.1 Å². The summed E-state index contributed by atoms with van der Waals surface area (Å²) in [6, 6.07) is 17.6. The molecule has 2 N–H and O–H groups in total. The molecule has 2 atom stereocenters. The molecule has 0 spiro atoms. The highest BCUT2D eigenvalue weighted by Gasteiger charge is 2.33. The molecule has 0 radical (unpaired) electrons. The van der Waals surface area contributed by atoms with Gasteiger partial charge in [-0.15, -0.1) is 0 Å². The Morgan fingerprint density at radius 3 is 2.90 bits per heavy atom. The van der Waals surface area contributed by atoms with E-state index in [1.807, 2.05) is 24.3 Å². The zero-order chi connectivity index (χ0) is 28.2. The Kier molecular flexibility index (Phi) is 7.97. The van der Waals surface area contributed by atoms with Gasteiger partial charge >= 0.3 is 6.09 Å². The van der Waals surface area contributed by atoms with Crippen LogP contribution in [0.15, 0.2) is 54.6 Å². The van der Waals surface area contributed by atoms with Crippen LogP contribution in [0, 0.1) is 0 Å². The summed E-state index contributed by atoms with van der Waals surface area (Å²) >= 11 is 0. The van der Waals surface area contributed by atoms with Gasteiger partial charge in [-0.05, 0) is 69.2 Å². The summed E-state index contributed by atoms with van der Waals surface area (Å²) in [5.74, 6) is 1.60. The number of fused-ring (bicyclic) bond motifs is 1. The highest BCUT2D eigenvalue weighted by molar-refractivity contribution is 5.95. The van der Waals surface area contributed by atoms with Crippen molar-refractivity contribution < 1.29 is 23.8 Å². The van der Waals surface area contributed by atoms with E-state index in [9.17, 15) is 9.59 Å². The quantitative estimate of drug-likeness (QED) is 0.381. The summed E-state index contributed by atoms with van der Waals surface area (Å²) in [6.07, 6.45) is 2.30. The number of likely N-dealkylation sites (tertiary alicyclic amines) is 1. The Balaban J connectivity index is 0.996. The molecule has 0 bridgehead atoms. The molecule has 6 rings (SSSR count). The molecule has 1 aromatic carbocycles. The van der Waals surface area contributed by atoms with Gasteiger partial charge in [0.25, 0.3) is 5.91 Å². The van der Waals surface area contributed by atoms with Crippen LogP contribution in [0.4, 0.5) is 16.4 Å². The molecule has 3 aliphatic rings. The molecule has 3 aromatic rings. The SMILES string of the molecule is CN1CCC[C@H](Oc2cccc(-c3cccc(CNCCC4CN(c5ccc6c(n5)NC(=O)CO6)C(=O)O4)c3)n2)C1. The number of rotatable bonds is 9. The van der Waals surface area contributed by atoms with Gasteiger partial charge in [0.05, 0.1) is 12.2 Å². The Morgan fingerprint density at radius 1 is 1.10 bits per heavy atom. The van der Waals surface area contributed by atoms with Crippen molar-refractivity contribution >= 4 is 23.6 Å². The van der Waals surface area contributed by atoms with Crippen LogP contribution in [-0.4, -0.2) is 78.9 Å². The summed E-state index contributed by atoms with van der Waals surface area (Å²) in [7, 11) is 2.13. The van der Waals surface area contributed by atoms with Crippen molar-refractivity contribution in [3.8, 4) is 22.9 Å². The topological polar surface area (TPSA) is 118 Å². The molecule has 2 aromatic heterocycles. The summed E-state index contributed by atoms with van der Waals surface area (Å²) in [4.78, 5) is 37.0. The van der Waals surface area contributed by atoms with Crippen molar-refractivity contribution in [1.82, 2.24) is 20.2 Å². The number of carbonyl (C=O) groups excluding carboxylic acids is 2. The third-order valence-electron chi connectivity index (χ3n) is 7.40. The number of cyclic esters (lactones) is 1. The number of benzene rings is 1. The van der Waals surface area contributed by atoms with Gasteiger partial charge in [-0.2, -0.15) is 0 Å². The maximum Gasteiger partial charge on any atom is 0.415 e. The number of likely N-dealkylation sites (N-methyl/N-ethyl adjacent to an activating group) is 1. The fourth-order valence-corrected chi connectivity index (χ4v) is 5.33. The van der Waals surface area contributed by atoms with Gasteiger partial charge in [0.2, 0.25) is 5.88 Å². The Bertz CT molecular complexity index is 1420. The molecule has 2 fully saturated rings. The number of aromatic nitrogens is 2. The molecular weight excluding hydrogens is 524 g/mol. The first kappa shape index (κ1) is 27.0. The van der Waals surface area contributed by atoms with Crippen molar-refractivity contribution in [3.05, 3.63) is 60.2 Å². The lowest BCUT2D eigenvalue weighted by atomic mass is 10.1. The van der Waals surface area contributed by atoms with Crippen molar-refractivity contribution in [2.24, 2.45) is 0 Å². The zero-order valence-electron chi connectivity index (χ0n) is 23.0. The van der Waals surface area contributed by atoms with Crippen molar-refractivity contribution in [3.63, 3.8) is 0 Å². The average Bonchev–Trinajstić information content (AvgIpc) is 3.35. The molecule has 2 amide bonds. The standard InChI is InChI=1S/C30H34N6O5/c1-35-14-4-7-22(17-35)40-28-9-3-8-24(32-28)21-6-2-5-20(15-21)16-31-13-12-23-18-36(30(38)41-23)26-11-10-25-29(33-26)34-27(37)19-39-25/h2-3,5-6,8-11,15,22-23,31H,4,7,12-14,16-19H2,1H3,(H,33,34,37)/t22-,23?/m0/s1. The van der Waals surface area contributed by atoms with E-state index in [1.165, 1.54) is 4.90 Å². The Hall–Kier alpha value is -4.22. The molecular formula is C30H34N6O5. The largest absolute Gasteiger partial charge is 0.480 e. The molecule has 0 saturated carbocycles. The third-order valence-corrected chi connectivity index (χ3v) is 7.40. The molecule has 3 aliphatic heterocycles. The second-order valence-electron chi connectivity index (χ2n) is 10.6. The Labute approximate surface area is 238 Å². The Morgan fingerprint density at radius 2 is 2.00 bits per heavy atom. The zero-order valence-corrected chi connectivity index (χ0v) is 23.0. The molecule has 11 nitrogen and oxygen atoms in total. The van der Waals surface area contributed by atoms with Gasteiger partial charge < -0.3 is 29.7 Å². The second-order valence-corrected chi connectivity index (χ2v) is 10.6. The molecule has 214 valence electrons. The smallest absolute Gasteiger partial charge is 0.415 e. The number of carbonyl (C=O) groups is 2. The number of anilines is 2. The maximum atomic E-state index is 12.5. The minimum atomic E-state index is -0.451. The number of nitrogens with zero attached hydrogens (tertiary/aromatic N) is 4. The van der Waals surface area contributed by atoms with Crippen LogP contribution in [0.3, 0.4) is 0 Å². The van der Waals surface area contributed by atoms with Crippen LogP contribution in [-0.2, 0) is 16.1 Å². The van der Waals surface area contributed by atoms with Gasteiger partial charge in [-0.3, -0.25) is 9.69 Å². The summed E-state index contributed by atoms with van der Waals surface area (Å²) in [6.45, 7) is 3.73. The summed E-state index contributed by atoms with van der Waals surface area (Å²) in [5, 5.41) is 6.12. The molecule has 0 aliphatic carbocycles. The number of hydrogen-bond donors (Lipinski definition) is 2. The van der Waals surface area contributed by atoms with Gasteiger partial charge in [0, 0.05) is 24.7 Å². The number of ether oxygens (including phenoxy) is 3. The minimum absolute atomic E-state index is 0.0449. The monoisotopic (exact) mass is 558 g/mol. The van der Waals surface area contributed by atoms with Crippen LogP contribution < -0.4 is 25.0 Å². The van der Waals surface area contributed by atoms with Gasteiger partial charge in [-0.1, -0.05) is 24.3 Å². The van der Waals surface area contributed by atoms with Crippen molar-refractivity contribution in [2.45, 2.75) is 38.0 Å². The fourth-order valence-electron chi connectivity index (χ4n) is 5.33. The number of piperidine rings is 1. The molecule has 11 heteroatoms. The third kappa shape index (κ3) is 6.58. The molecule has 2 saturated heterocycles. The minimum Gasteiger partial charge on any atom is -0.480 e. The van der Waals surface area contributed by atoms with E-state index in [-0.39, 0.29) is 24.7 Å². The van der Waals surface area contributed by atoms with E-state index >= 15 is 0 Å². The number of pyridine rings is 2. The molecule has 41 heavy (non-hydrogen) atoms. The van der Waals surface area contributed by atoms with Crippen LogP contribution in [0.1, 0.15) is 24.8 Å². The predicted octanol–water partition coefficient (Wildman–Crippen LogP) is 3.45. The van der Waals surface area contributed by atoms with Gasteiger partial charge in [-0.25, -0.2) is 14.8 Å². The number of hydrogen-bond acceptors (Lipinski definition) is 9. The lowest BCUT2D eigenvalue weighted by Gasteiger charge is -2.29. The fraction of sp³-hybridized carbons (Fsp3) is 0.400. The van der Waals surface area contributed by atoms with E-state index in [1.54, 1.807) is 12.1 Å². The lowest BCUT2D eigenvalue weighted by molar-refractivity contribution is -0.118. The molecule has 1 unspecified atom stereocenters. The number of amides is 2. The normalized spacial score (nSPS) is 20.7. The van der Waals surface area contributed by atoms with Gasteiger partial charge in [0.1, 0.15) is 18.0 Å². The van der Waals surface area contributed by atoms with Crippen LogP contribution in [0.5, 0.6) is 11.6 Å². The van der Waals surface area contributed by atoms with Gasteiger partial charge in [0.15, 0.2) is 18.2 Å². The molecule has 5 heterocycles. The highest BCUT2D eigenvalue weighted by Crippen LogP contribution is 2.30. The first-order chi connectivity index (χ1) is 20.0. The van der Waals surface area contributed by atoms with Crippen LogP contribution in [0.2, 0.25) is 0 Å². The predicted molar refractivity (Wildman–Crippen MR) is 153 cm³/mol. The van der Waals surface area contributed by atoms with Crippen LogP contribution >= 0.6 is 0 Å². The highest BCUT2D eigenvalue weighted by atomic mass is 16.6. The lowest BCUT2D eigenvalue weighted by Crippen LogP contribution is -2.38. The summed E-state index contributed by atoms with van der Waals surface area (Å²) < 4.78 is 17.1. The van der Waals surface area contributed by atoms with E-state index in [0.29, 0.717) is 49.3 Å². The van der Waals surface area contributed by atoms with E-state index in [4.69, 9.17) is 19.2 Å².